The highest BCUT2D eigenvalue weighted by atomic mass is 16.5. The van der Waals surface area contributed by atoms with Gasteiger partial charge in [-0.15, -0.1) is 0 Å². The van der Waals surface area contributed by atoms with Crippen LogP contribution in [-0.4, -0.2) is 51.7 Å². The lowest BCUT2D eigenvalue weighted by molar-refractivity contribution is -0.143. The first kappa shape index (κ1) is 10.4. The minimum Gasteiger partial charge on any atom is -0.468 e. The standard InChI is InChI=1S/C7H16N2O2/c1-8-6(5-9(2)3)7(10)11-4/h6,8H,5H2,1-4H3. The third kappa shape index (κ3) is 3.95. The van der Waals surface area contributed by atoms with Gasteiger partial charge < -0.3 is 15.0 Å². The summed E-state index contributed by atoms with van der Waals surface area (Å²) in [5, 5.41) is 2.87. The number of esters is 1. The third-order valence-corrected chi connectivity index (χ3v) is 1.38. The molecule has 0 saturated carbocycles. The lowest BCUT2D eigenvalue weighted by Gasteiger charge is -2.17. The van der Waals surface area contributed by atoms with Crippen LogP contribution in [0, 0.1) is 0 Å². The number of hydrogen-bond acceptors (Lipinski definition) is 4. The topological polar surface area (TPSA) is 41.6 Å². The van der Waals surface area contributed by atoms with E-state index in [1.54, 1.807) is 7.05 Å². The van der Waals surface area contributed by atoms with Crippen molar-refractivity contribution in [2.45, 2.75) is 6.04 Å². The SMILES string of the molecule is CNC(CN(C)C)C(=O)OC. The van der Waals surface area contributed by atoms with E-state index in [-0.39, 0.29) is 12.0 Å². The number of ether oxygens (including phenoxy) is 1. The molecule has 4 heteroatoms. The summed E-state index contributed by atoms with van der Waals surface area (Å²) in [5.41, 5.74) is 0. The first-order valence-electron chi connectivity index (χ1n) is 3.51. The summed E-state index contributed by atoms with van der Waals surface area (Å²) in [6.45, 7) is 0.656. The van der Waals surface area contributed by atoms with Crippen LogP contribution in [0.15, 0.2) is 0 Å². The Morgan fingerprint density at radius 3 is 2.45 bits per heavy atom. The van der Waals surface area contributed by atoms with Crippen molar-refractivity contribution < 1.29 is 9.53 Å². The van der Waals surface area contributed by atoms with Crippen LogP contribution in [-0.2, 0) is 9.53 Å². The first-order chi connectivity index (χ1) is 5.11. The number of likely N-dealkylation sites (N-methyl/N-ethyl adjacent to an activating group) is 2. The molecule has 11 heavy (non-hydrogen) atoms. The van der Waals surface area contributed by atoms with Crippen LogP contribution in [0.4, 0.5) is 0 Å². The molecule has 0 heterocycles. The molecule has 0 aromatic heterocycles. The van der Waals surface area contributed by atoms with Crippen LogP contribution in [0.1, 0.15) is 0 Å². The van der Waals surface area contributed by atoms with Gasteiger partial charge in [0.15, 0.2) is 0 Å². The predicted octanol–water partition coefficient (Wildman–Crippen LogP) is -0.691. The molecule has 1 N–H and O–H groups in total. The van der Waals surface area contributed by atoms with Gasteiger partial charge >= 0.3 is 5.97 Å². The molecule has 1 atom stereocenters. The Balaban J connectivity index is 3.84. The second-order valence-corrected chi connectivity index (χ2v) is 2.63. The van der Waals surface area contributed by atoms with E-state index in [9.17, 15) is 4.79 Å². The van der Waals surface area contributed by atoms with Gasteiger partial charge in [-0.05, 0) is 21.1 Å². The quantitative estimate of drug-likeness (QED) is 0.553. The van der Waals surface area contributed by atoms with Crippen molar-refractivity contribution in [1.82, 2.24) is 10.2 Å². The van der Waals surface area contributed by atoms with Crippen molar-refractivity contribution in [1.29, 1.82) is 0 Å². The molecule has 0 aliphatic heterocycles. The van der Waals surface area contributed by atoms with Crippen LogP contribution >= 0.6 is 0 Å². The van der Waals surface area contributed by atoms with E-state index in [0.29, 0.717) is 6.54 Å². The van der Waals surface area contributed by atoms with E-state index in [0.717, 1.165) is 0 Å². The van der Waals surface area contributed by atoms with Gasteiger partial charge in [-0.1, -0.05) is 0 Å². The van der Waals surface area contributed by atoms with Crippen molar-refractivity contribution in [3.63, 3.8) is 0 Å². The van der Waals surface area contributed by atoms with Crippen LogP contribution in [0.2, 0.25) is 0 Å². The molecule has 0 fully saturated rings. The van der Waals surface area contributed by atoms with Crippen molar-refractivity contribution >= 4 is 5.97 Å². The average molecular weight is 160 g/mol. The molecule has 0 aliphatic carbocycles. The van der Waals surface area contributed by atoms with E-state index < -0.39 is 0 Å². The molecular formula is C7H16N2O2. The molecule has 4 nitrogen and oxygen atoms in total. The summed E-state index contributed by atoms with van der Waals surface area (Å²) < 4.78 is 4.58. The molecule has 1 unspecified atom stereocenters. The lowest BCUT2D eigenvalue weighted by atomic mass is 10.3. The molecule has 0 aromatic carbocycles. The maximum Gasteiger partial charge on any atom is 0.324 e. The van der Waals surface area contributed by atoms with Gasteiger partial charge in [-0.25, -0.2) is 0 Å². The van der Waals surface area contributed by atoms with E-state index in [4.69, 9.17) is 0 Å². The van der Waals surface area contributed by atoms with E-state index in [1.165, 1.54) is 7.11 Å². The van der Waals surface area contributed by atoms with E-state index >= 15 is 0 Å². The maximum absolute atomic E-state index is 11.0. The Morgan fingerprint density at radius 1 is 1.64 bits per heavy atom. The van der Waals surface area contributed by atoms with Crippen molar-refractivity contribution in [2.75, 3.05) is 34.8 Å². The van der Waals surface area contributed by atoms with Crippen molar-refractivity contribution in [3.05, 3.63) is 0 Å². The maximum atomic E-state index is 11.0. The zero-order valence-corrected chi connectivity index (χ0v) is 7.55. The number of hydrogen-bond donors (Lipinski definition) is 1. The molecule has 0 radical (unpaired) electrons. The number of carbonyl (C=O) groups excluding carboxylic acids is 1. The number of carbonyl (C=O) groups is 1. The highest BCUT2D eigenvalue weighted by Crippen LogP contribution is 1.88. The Bertz CT molecular complexity index is 126. The second kappa shape index (κ2) is 5.09. The predicted molar refractivity (Wildman–Crippen MR) is 43.4 cm³/mol. The third-order valence-electron chi connectivity index (χ3n) is 1.38. The first-order valence-corrected chi connectivity index (χ1v) is 3.51. The zero-order valence-electron chi connectivity index (χ0n) is 7.55. The molecule has 0 rings (SSSR count). The number of nitrogens with zero attached hydrogens (tertiary/aromatic N) is 1. The Hall–Kier alpha value is -0.610. The fourth-order valence-electron chi connectivity index (χ4n) is 0.791. The highest BCUT2D eigenvalue weighted by molar-refractivity contribution is 5.75. The summed E-state index contributed by atoms with van der Waals surface area (Å²) in [5.74, 6) is -0.221. The zero-order chi connectivity index (χ0) is 8.85. The normalized spacial score (nSPS) is 13.2. The molecule has 0 aliphatic rings. The summed E-state index contributed by atoms with van der Waals surface area (Å²) in [6.07, 6.45) is 0. The molecule has 66 valence electrons. The fourth-order valence-corrected chi connectivity index (χ4v) is 0.791. The van der Waals surface area contributed by atoms with Crippen LogP contribution in [0.3, 0.4) is 0 Å². The monoisotopic (exact) mass is 160 g/mol. The smallest absolute Gasteiger partial charge is 0.324 e. The summed E-state index contributed by atoms with van der Waals surface area (Å²) in [7, 11) is 6.95. The lowest BCUT2D eigenvalue weighted by Crippen LogP contribution is -2.42. The van der Waals surface area contributed by atoms with Crippen LogP contribution in [0.5, 0.6) is 0 Å². The van der Waals surface area contributed by atoms with Gasteiger partial charge in [0, 0.05) is 6.54 Å². The van der Waals surface area contributed by atoms with Gasteiger partial charge in [0.05, 0.1) is 7.11 Å². The minimum atomic E-state index is -0.227. The van der Waals surface area contributed by atoms with Crippen LogP contribution < -0.4 is 5.32 Å². The van der Waals surface area contributed by atoms with Crippen molar-refractivity contribution in [2.24, 2.45) is 0 Å². The van der Waals surface area contributed by atoms with Crippen LogP contribution in [0.25, 0.3) is 0 Å². The number of rotatable bonds is 4. The highest BCUT2D eigenvalue weighted by Gasteiger charge is 2.16. The summed E-state index contributed by atoms with van der Waals surface area (Å²) >= 11 is 0. The van der Waals surface area contributed by atoms with E-state index in [2.05, 4.69) is 10.1 Å². The molecule has 0 spiro atoms. The Kier molecular flexibility index (Phi) is 4.81. The number of nitrogens with one attached hydrogen (secondary N) is 1. The summed E-state index contributed by atoms with van der Waals surface area (Å²) in [4.78, 5) is 12.9. The molecule has 0 bridgehead atoms. The summed E-state index contributed by atoms with van der Waals surface area (Å²) in [6, 6.07) is -0.227. The van der Waals surface area contributed by atoms with Gasteiger partial charge in [-0.3, -0.25) is 4.79 Å². The minimum absolute atomic E-state index is 0.221. The van der Waals surface area contributed by atoms with E-state index in [1.807, 2.05) is 19.0 Å². The van der Waals surface area contributed by atoms with Gasteiger partial charge in [-0.2, -0.15) is 0 Å². The second-order valence-electron chi connectivity index (χ2n) is 2.63. The van der Waals surface area contributed by atoms with Gasteiger partial charge in [0.25, 0.3) is 0 Å². The molecule has 0 saturated heterocycles. The Morgan fingerprint density at radius 2 is 2.18 bits per heavy atom. The van der Waals surface area contributed by atoms with Gasteiger partial charge in [0.2, 0.25) is 0 Å². The number of methoxy groups -OCH3 is 1. The van der Waals surface area contributed by atoms with Crippen molar-refractivity contribution in [3.8, 4) is 0 Å². The largest absolute Gasteiger partial charge is 0.468 e. The molecule has 0 amide bonds. The molecular weight excluding hydrogens is 144 g/mol. The Labute approximate surface area is 67.5 Å². The fraction of sp³-hybridized carbons (Fsp3) is 0.857. The van der Waals surface area contributed by atoms with Gasteiger partial charge in [0.1, 0.15) is 6.04 Å². The average Bonchev–Trinajstić information content (AvgIpc) is 1.98. The molecule has 0 aromatic rings.